The smallest absolute Gasteiger partial charge is 0.253 e. The number of nitrogens with zero attached hydrogens (tertiary/aromatic N) is 2. The molecule has 1 aliphatic rings. The third-order valence-electron chi connectivity index (χ3n) is 4.12. The Labute approximate surface area is 121 Å². The molecule has 1 aliphatic heterocycles. The Kier molecular flexibility index (Phi) is 4.65. The number of hydrogen-bond donors (Lipinski definition) is 1. The molecule has 1 fully saturated rings. The number of rotatable bonds is 3. The van der Waals surface area contributed by atoms with Gasteiger partial charge in [0.15, 0.2) is 0 Å². The summed E-state index contributed by atoms with van der Waals surface area (Å²) in [4.78, 5) is 16.4. The van der Waals surface area contributed by atoms with E-state index in [0.717, 1.165) is 37.2 Å². The van der Waals surface area contributed by atoms with Gasteiger partial charge in [0.1, 0.15) is 0 Å². The molecule has 1 heterocycles. The second kappa shape index (κ2) is 6.27. The first-order chi connectivity index (χ1) is 9.49. The number of aliphatic hydroxyl groups excluding tert-OH is 1. The van der Waals surface area contributed by atoms with Gasteiger partial charge in [-0.15, -0.1) is 0 Å². The van der Waals surface area contributed by atoms with E-state index >= 15 is 0 Å². The van der Waals surface area contributed by atoms with Crippen molar-refractivity contribution in [3.8, 4) is 0 Å². The fourth-order valence-corrected chi connectivity index (χ4v) is 2.68. The average molecular weight is 276 g/mol. The summed E-state index contributed by atoms with van der Waals surface area (Å²) < 4.78 is 0. The zero-order valence-corrected chi connectivity index (χ0v) is 12.5. The molecule has 110 valence electrons. The van der Waals surface area contributed by atoms with Crippen molar-refractivity contribution >= 4 is 11.6 Å². The Balaban J connectivity index is 2.03. The number of piperidine rings is 1. The van der Waals surface area contributed by atoms with E-state index in [1.54, 1.807) is 0 Å². The molecule has 0 aromatic heterocycles. The van der Waals surface area contributed by atoms with Gasteiger partial charge >= 0.3 is 0 Å². The molecule has 1 aromatic rings. The predicted molar refractivity (Wildman–Crippen MR) is 81.1 cm³/mol. The molecule has 0 radical (unpaired) electrons. The predicted octanol–water partition coefficient (Wildman–Crippen LogP) is 1.99. The van der Waals surface area contributed by atoms with Gasteiger partial charge in [-0.2, -0.15) is 0 Å². The number of hydrogen-bond acceptors (Lipinski definition) is 3. The summed E-state index contributed by atoms with van der Waals surface area (Å²) in [6.45, 7) is 3.31. The third-order valence-corrected chi connectivity index (χ3v) is 4.12. The molecular weight excluding hydrogens is 252 g/mol. The molecule has 2 rings (SSSR count). The van der Waals surface area contributed by atoms with Crippen LogP contribution in [0.3, 0.4) is 0 Å². The normalized spacial score (nSPS) is 17.9. The number of benzene rings is 1. The Morgan fingerprint density at radius 3 is 2.55 bits per heavy atom. The maximum Gasteiger partial charge on any atom is 0.253 e. The molecule has 1 atom stereocenters. The van der Waals surface area contributed by atoms with Crippen LogP contribution in [-0.2, 0) is 0 Å². The van der Waals surface area contributed by atoms with Crippen LogP contribution in [-0.4, -0.2) is 49.2 Å². The SMILES string of the molecule is CC(O)C1CCN(C(=O)c2cccc(N(C)C)c2)CC1. The number of anilines is 1. The van der Waals surface area contributed by atoms with Gasteiger partial charge < -0.3 is 14.9 Å². The van der Waals surface area contributed by atoms with Gasteiger partial charge in [0, 0.05) is 38.4 Å². The van der Waals surface area contributed by atoms with E-state index in [9.17, 15) is 9.90 Å². The van der Waals surface area contributed by atoms with E-state index in [2.05, 4.69) is 0 Å². The van der Waals surface area contributed by atoms with Gasteiger partial charge in [0.25, 0.3) is 5.91 Å². The second-order valence-electron chi connectivity index (χ2n) is 5.81. The fraction of sp³-hybridized carbons (Fsp3) is 0.562. The molecule has 1 unspecified atom stereocenters. The molecule has 1 aromatic carbocycles. The zero-order valence-electron chi connectivity index (χ0n) is 12.5. The van der Waals surface area contributed by atoms with E-state index in [0.29, 0.717) is 5.92 Å². The van der Waals surface area contributed by atoms with Gasteiger partial charge in [-0.1, -0.05) is 6.07 Å². The lowest BCUT2D eigenvalue weighted by atomic mass is 9.92. The number of amides is 1. The van der Waals surface area contributed by atoms with Crippen LogP contribution in [0.1, 0.15) is 30.1 Å². The highest BCUT2D eigenvalue weighted by atomic mass is 16.3. The van der Waals surface area contributed by atoms with Crippen molar-refractivity contribution in [2.45, 2.75) is 25.9 Å². The fourth-order valence-electron chi connectivity index (χ4n) is 2.68. The molecule has 1 saturated heterocycles. The van der Waals surface area contributed by atoms with E-state index in [4.69, 9.17) is 0 Å². The van der Waals surface area contributed by atoms with Gasteiger partial charge in [0.2, 0.25) is 0 Å². The van der Waals surface area contributed by atoms with Crippen LogP contribution in [0, 0.1) is 5.92 Å². The van der Waals surface area contributed by atoms with E-state index in [-0.39, 0.29) is 12.0 Å². The van der Waals surface area contributed by atoms with Crippen LogP contribution in [0.4, 0.5) is 5.69 Å². The minimum atomic E-state index is -0.274. The molecule has 0 spiro atoms. The average Bonchev–Trinajstić information content (AvgIpc) is 2.46. The summed E-state index contributed by atoms with van der Waals surface area (Å²) in [7, 11) is 3.94. The first-order valence-corrected chi connectivity index (χ1v) is 7.23. The molecular formula is C16H24N2O2. The summed E-state index contributed by atoms with van der Waals surface area (Å²) in [5, 5.41) is 9.61. The van der Waals surface area contributed by atoms with Crippen LogP contribution in [0.2, 0.25) is 0 Å². The lowest BCUT2D eigenvalue weighted by Gasteiger charge is -2.33. The zero-order chi connectivity index (χ0) is 14.7. The van der Waals surface area contributed by atoms with Gasteiger partial charge in [-0.3, -0.25) is 4.79 Å². The van der Waals surface area contributed by atoms with E-state index in [1.807, 2.05) is 55.1 Å². The van der Waals surface area contributed by atoms with Crippen molar-refractivity contribution < 1.29 is 9.90 Å². The molecule has 0 aliphatic carbocycles. The lowest BCUT2D eigenvalue weighted by Crippen LogP contribution is -2.40. The van der Waals surface area contributed by atoms with Gasteiger partial charge in [0.05, 0.1) is 6.10 Å². The highest BCUT2D eigenvalue weighted by Crippen LogP contribution is 2.22. The minimum Gasteiger partial charge on any atom is -0.393 e. The molecule has 0 saturated carbocycles. The van der Waals surface area contributed by atoms with Crippen molar-refractivity contribution in [1.82, 2.24) is 4.90 Å². The van der Waals surface area contributed by atoms with Gasteiger partial charge in [-0.05, 0) is 43.9 Å². The van der Waals surface area contributed by atoms with Crippen molar-refractivity contribution in [3.05, 3.63) is 29.8 Å². The van der Waals surface area contributed by atoms with Crippen LogP contribution in [0.15, 0.2) is 24.3 Å². The number of aliphatic hydroxyl groups is 1. The first kappa shape index (κ1) is 14.9. The second-order valence-corrected chi connectivity index (χ2v) is 5.81. The maximum atomic E-state index is 12.5. The van der Waals surface area contributed by atoms with Crippen LogP contribution < -0.4 is 4.90 Å². The third kappa shape index (κ3) is 3.31. The summed E-state index contributed by atoms with van der Waals surface area (Å²) >= 11 is 0. The summed E-state index contributed by atoms with van der Waals surface area (Å²) in [5.41, 5.74) is 1.78. The Morgan fingerprint density at radius 1 is 1.35 bits per heavy atom. The molecule has 1 N–H and O–H groups in total. The minimum absolute atomic E-state index is 0.0951. The molecule has 0 bridgehead atoms. The monoisotopic (exact) mass is 276 g/mol. The number of likely N-dealkylation sites (tertiary alicyclic amines) is 1. The van der Waals surface area contributed by atoms with Crippen molar-refractivity contribution in [2.24, 2.45) is 5.92 Å². The number of carbonyl (C=O) groups excluding carboxylic acids is 1. The topological polar surface area (TPSA) is 43.8 Å². The van der Waals surface area contributed by atoms with Crippen LogP contribution in [0.25, 0.3) is 0 Å². The highest BCUT2D eigenvalue weighted by Gasteiger charge is 2.26. The summed E-state index contributed by atoms with van der Waals surface area (Å²) in [6.07, 6.45) is 1.50. The van der Waals surface area contributed by atoms with Gasteiger partial charge in [-0.25, -0.2) is 0 Å². The van der Waals surface area contributed by atoms with Crippen molar-refractivity contribution in [1.29, 1.82) is 0 Å². The Bertz CT molecular complexity index is 463. The van der Waals surface area contributed by atoms with Crippen molar-refractivity contribution in [2.75, 3.05) is 32.1 Å². The largest absolute Gasteiger partial charge is 0.393 e. The Hall–Kier alpha value is -1.55. The number of carbonyl (C=O) groups is 1. The molecule has 4 nitrogen and oxygen atoms in total. The summed E-state index contributed by atoms with van der Waals surface area (Å²) in [5.74, 6) is 0.421. The van der Waals surface area contributed by atoms with Crippen LogP contribution in [0.5, 0.6) is 0 Å². The molecule has 1 amide bonds. The first-order valence-electron chi connectivity index (χ1n) is 7.23. The lowest BCUT2D eigenvalue weighted by molar-refractivity contribution is 0.0521. The van der Waals surface area contributed by atoms with Crippen LogP contribution >= 0.6 is 0 Å². The van der Waals surface area contributed by atoms with Crippen molar-refractivity contribution in [3.63, 3.8) is 0 Å². The summed E-state index contributed by atoms with van der Waals surface area (Å²) in [6, 6.07) is 7.72. The van der Waals surface area contributed by atoms with E-state index in [1.165, 1.54) is 0 Å². The van der Waals surface area contributed by atoms with E-state index < -0.39 is 0 Å². The standard InChI is InChI=1S/C16H24N2O2/c1-12(19)13-7-9-18(10-8-13)16(20)14-5-4-6-15(11-14)17(2)3/h4-6,11-13,19H,7-10H2,1-3H3. The Morgan fingerprint density at radius 2 is 2.00 bits per heavy atom. The quantitative estimate of drug-likeness (QED) is 0.918. The molecule has 4 heteroatoms. The molecule has 20 heavy (non-hydrogen) atoms. The maximum absolute atomic E-state index is 12.5. The highest BCUT2D eigenvalue weighted by molar-refractivity contribution is 5.95.